The van der Waals surface area contributed by atoms with Crippen molar-refractivity contribution >= 4 is 11.2 Å². The molecule has 0 unspecified atom stereocenters. The van der Waals surface area contributed by atoms with Gasteiger partial charge in [0.05, 0.1) is 22.8 Å². The van der Waals surface area contributed by atoms with E-state index in [-0.39, 0.29) is 11.6 Å². The first kappa shape index (κ1) is 16.1. The van der Waals surface area contributed by atoms with E-state index in [9.17, 15) is 4.79 Å². The topological polar surface area (TPSA) is 78.2 Å². The molecule has 130 valence electrons. The predicted octanol–water partition coefficient (Wildman–Crippen LogP) is 3.39. The van der Waals surface area contributed by atoms with Crippen LogP contribution in [0, 0.1) is 0 Å². The van der Waals surface area contributed by atoms with Crippen LogP contribution in [0.5, 0.6) is 0 Å². The van der Waals surface area contributed by atoms with Crippen LogP contribution in [0.4, 0.5) is 5.69 Å². The highest BCUT2D eigenvalue weighted by Gasteiger charge is 2.19. The zero-order chi connectivity index (χ0) is 18.3. The standard InChI is InChI=1S/C20H19N5O/c1-13(2)25-18(26)9-8-16(22-25)19-17-12-15(21)10-11-24(17)23-20(19)14-6-4-3-5-7-14/h3-13H,21H2,1-2H3. The van der Waals surface area contributed by atoms with E-state index in [1.165, 1.54) is 4.68 Å². The summed E-state index contributed by atoms with van der Waals surface area (Å²) >= 11 is 0. The minimum Gasteiger partial charge on any atom is -0.399 e. The number of hydrogen-bond acceptors (Lipinski definition) is 4. The summed E-state index contributed by atoms with van der Waals surface area (Å²) in [5, 5.41) is 9.32. The average molecular weight is 345 g/mol. The van der Waals surface area contributed by atoms with Gasteiger partial charge in [-0.1, -0.05) is 30.3 Å². The molecule has 0 saturated carbocycles. The van der Waals surface area contributed by atoms with E-state index in [4.69, 9.17) is 10.8 Å². The maximum atomic E-state index is 12.1. The molecule has 0 aliphatic heterocycles. The third-order valence-electron chi connectivity index (χ3n) is 4.28. The summed E-state index contributed by atoms with van der Waals surface area (Å²) in [6, 6.07) is 16.9. The van der Waals surface area contributed by atoms with Crippen molar-refractivity contribution < 1.29 is 0 Å². The first-order chi connectivity index (χ1) is 12.5. The monoisotopic (exact) mass is 345 g/mol. The molecule has 0 radical (unpaired) electrons. The highest BCUT2D eigenvalue weighted by atomic mass is 16.1. The second kappa shape index (κ2) is 6.15. The third kappa shape index (κ3) is 2.65. The Labute approximate surface area is 150 Å². The number of benzene rings is 1. The quantitative estimate of drug-likeness (QED) is 0.617. The molecule has 1 aromatic carbocycles. The summed E-state index contributed by atoms with van der Waals surface area (Å²) in [4.78, 5) is 12.1. The van der Waals surface area contributed by atoms with Crippen LogP contribution in [0.3, 0.4) is 0 Å². The molecule has 6 heteroatoms. The normalized spacial score (nSPS) is 11.3. The van der Waals surface area contributed by atoms with E-state index >= 15 is 0 Å². The maximum Gasteiger partial charge on any atom is 0.267 e. The van der Waals surface area contributed by atoms with E-state index in [0.717, 1.165) is 22.3 Å². The van der Waals surface area contributed by atoms with Crippen LogP contribution in [-0.2, 0) is 0 Å². The highest BCUT2D eigenvalue weighted by Crippen LogP contribution is 2.34. The van der Waals surface area contributed by atoms with Crippen LogP contribution >= 0.6 is 0 Å². The molecule has 26 heavy (non-hydrogen) atoms. The Morgan fingerprint density at radius 3 is 2.50 bits per heavy atom. The number of rotatable bonds is 3. The molecular formula is C20H19N5O. The first-order valence-corrected chi connectivity index (χ1v) is 8.48. The van der Waals surface area contributed by atoms with Gasteiger partial charge < -0.3 is 5.73 Å². The molecule has 4 rings (SSSR count). The SMILES string of the molecule is CC(C)n1nc(-c2c(-c3ccccc3)nn3ccc(N)cc23)ccc1=O. The zero-order valence-corrected chi connectivity index (χ0v) is 14.6. The van der Waals surface area contributed by atoms with Crippen molar-refractivity contribution in [2.45, 2.75) is 19.9 Å². The Kier molecular flexibility index (Phi) is 3.80. The lowest BCUT2D eigenvalue weighted by atomic mass is 10.0. The number of nitrogen functional groups attached to an aromatic ring is 1. The molecule has 0 aliphatic carbocycles. The van der Waals surface area contributed by atoms with E-state index in [1.807, 2.05) is 56.4 Å². The van der Waals surface area contributed by atoms with Gasteiger partial charge in [0, 0.05) is 23.5 Å². The van der Waals surface area contributed by atoms with E-state index in [2.05, 4.69) is 5.10 Å². The van der Waals surface area contributed by atoms with Gasteiger partial charge in [0.1, 0.15) is 5.69 Å². The Morgan fingerprint density at radius 1 is 1.00 bits per heavy atom. The van der Waals surface area contributed by atoms with Gasteiger partial charge in [-0.2, -0.15) is 10.2 Å². The molecule has 4 aromatic rings. The molecule has 0 atom stereocenters. The number of hydrogen-bond donors (Lipinski definition) is 1. The largest absolute Gasteiger partial charge is 0.399 e. The summed E-state index contributed by atoms with van der Waals surface area (Å²) in [6.45, 7) is 3.87. The van der Waals surface area contributed by atoms with Gasteiger partial charge in [0.15, 0.2) is 0 Å². The third-order valence-corrected chi connectivity index (χ3v) is 4.28. The van der Waals surface area contributed by atoms with Crippen LogP contribution in [0.25, 0.3) is 28.0 Å². The van der Waals surface area contributed by atoms with Gasteiger partial charge in [0.2, 0.25) is 0 Å². The van der Waals surface area contributed by atoms with Crippen LogP contribution in [0.1, 0.15) is 19.9 Å². The van der Waals surface area contributed by atoms with Crippen LogP contribution < -0.4 is 11.3 Å². The minimum atomic E-state index is -0.124. The lowest BCUT2D eigenvalue weighted by Crippen LogP contribution is -2.23. The van der Waals surface area contributed by atoms with Crippen molar-refractivity contribution in [3.8, 4) is 22.5 Å². The Hall–Kier alpha value is -3.41. The van der Waals surface area contributed by atoms with Crippen molar-refractivity contribution in [2.24, 2.45) is 0 Å². The van der Waals surface area contributed by atoms with Crippen LogP contribution in [0.15, 0.2) is 65.6 Å². The minimum absolute atomic E-state index is 0.0328. The van der Waals surface area contributed by atoms with Gasteiger partial charge in [-0.25, -0.2) is 9.20 Å². The number of nitrogens with zero attached hydrogens (tertiary/aromatic N) is 4. The van der Waals surface area contributed by atoms with Gasteiger partial charge in [-0.15, -0.1) is 0 Å². The fourth-order valence-electron chi connectivity index (χ4n) is 3.04. The second-order valence-corrected chi connectivity index (χ2v) is 6.47. The first-order valence-electron chi connectivity index (χ1n) is 8.48. The molecule has 3 aromatic heterocycles. The second-order valence-electron chi connectivity index (χ2n) is 6.47. The molecule has 2 N–H and O–H groups in total. The van der Waals surface area contributed by atoms with Crippen LogP contribution in [-0.4, -0.2) is 19.4 Å². The van der Waals surface area contributed by atoms with Crippen LogP contribution in [0.2, 0.25) is 0 Å². The Bertz CT molecular complexity index is 1140. The molecule has 0 spiro atoms. The van der Waals surface area contributed by atoms with Gasteiger partial charge in [-0.05, 0) is 32.0 Å². The summed E-state index contributed by atoms with van der Waals surface area (Å²) < 4.78 is 3.28. The highest BCUT2D eigenvalue weighted by molar-refractivity contribution is 5.91. The zero-order valence-electron chi connectivity index (χ0n) is 14.6. The van der Waals surface area contributed by atoms with Crippen molar-refractivity contribution in [2.75, 3.05) is 5.73 Å². The predicted molar refractivity (Wildman–Crippen MR) is 103 cm³/mol. The van der Waals surface area contributed by atoms with Crippen molar-refractivity contribution in [1.82, 2.24) is 19.4 Å². The number of fused-ring (bicyclic) bond motifs is 1. The fraction of sp³-hybridized carbons (Fsp3) is 0.150. The van der Waals surface area contributed by atoms with Crippen molar-refractivity contribution in [3.05, 3.63) is 71.1 Å². The molecule has 0 fully saturated rings. The van der Waals surface area contributed by atoms with Gasteiger partial charge >= 0.3 is 0 Å². The fourth-order valence-corrected chi connectivity index (χ4v) is 3.04. The average Bonchev–Trinajstić information content (AvgIpc) is 3.01. The number of pyridine rings is 1. The smallest absolute Gasteiger partial charge is 0.267 e. The van der Waals surface area contributed by atoms with Crippen molar-refractivity contribution in [1.29, 1.82) is 0 Å². The molecular weight excluding hydrogens is 326 g/mol. The van der Waals surface area contributed by atoms with E-state index < -0.39 is 0 Å². The lowest BCUT2D eigenvalue weighted by Gasteiger charge is -2.10. The Balaban J connectivity index is 2.06. The number of aromatic nitrogens is 4. The van der Waals surface area contributed by atoms with E-state index in [1.54, 1.807) is 22.7 Å². The summed E-state index contributed by atoms with van der Waals surface area (Å²) in [7, 11) is 0. The number of nitrogens with two attached hydrogens (primary N) is 1. The van der Waals surface area contributed by atoms with Gasteiger partial charge in [-0.3, -0.25) is 4.79 Å². The molecule has 0 saturated heterocycles. The summed E-state index contributed by atoms with van der Waals surface area (Å²) in [5.41, 5.74) is 10.7. The summed E-state index contributed by atoms with van der Waals surface area (Å²) in [5.74, 6) is 0. The molecule has 0 aliphatic rings. The molecule has 0 bridgehead atoms. The van der Waals surface area contributed by atoms with Crippen molar-refractivity contribution in [3.63, 3.8) is 0 Å². The van der Waals surface area contributed by atoms with Gasteiger partial charge in [0.25, 0.3) is 5.56 Å². The number of anilines is 1. The van der Waals surface area contributed by atoms with E-state index in [0.29, 0.717) is 11.4 Å². The molecule has 0 amide bonds. The maximum absolute atomic E-state index is 12.1. The lowest BCUT2D eigenvalue weighted by molar-refractivity contribution is 0.505. The summed E-state index contributed by atoms with van der Waals surface area (Å²) in [6.07, 6.45) is 1.83. The molecule has 6 nitrogen and oxygen atoms in total. The molecule has 3 heterocycles. The Morgan fingerprint density at radius 2 is 1.77 bits per heavy atom.